The zero-order chi connectivity index (χ0) is 26.3. The van der Waals surface area contributed by atoms with Gasteiger partial charge in [0.25, 0.3) is 0 Å². The van der Waals surface area contributed by atoms with E-state index in [0.29, 0.717) is 28.2 Å². The third-order valence-electron chi connectivity index (χ3n) is 7.98. The summed E-state index contributed by atoms with van der Waals surface area (Å²) in [5.74, 6) is -0.481. The highest BCUT2D eigenvalue weighted by Gasteiger charge is 2.58. The maximum atomic E-state index is 13.9. The van der Waals surface area contributed by atoms with Crippen LogP contribution in [0.5, 0.6) is 17.2 Å². The molecule has 0 spiro atoms. The Labute approximate surface area is 211 Å². The number of benzene rings is 2. The summed E-state index contributed by atoms with van der Waals surface area (Å²) in [6.07, 6.45) is -0.436. The smallest absolute Gasteiger partial charge is 0.175 e. The van der Waals surface area contributed by atoms with Gasteiger partial charge in [0.1, 0.15) is 34.7 Å². The summed E-state index contributed by atoms with van der Waals surface area (Å²) in [6, 6.07) is 9.48. The van der Waals surface area contributed by atoms with Gasteiger partial charge >= 0.3 is 0 Å². The van der Waals surface area contributed by atoms with Crippen molar-refractivity contribution in [3.05, 3.63) is 63.9 Å². The highest BCUT2D eigenvalue weighted by molar-refractivity contribution is 6.20. The minimum absolute atomic E-state index is 0.0785. The molecule has 5 rings (SSSR count). The number of hydrogen-bond donors (Lipinski definition) is 1. The minimum Gasteiger partial charge on any atom is -0.507 e. The van der Waals surface area contributed by atoms with Gasteiger partial charge in [-0.25, -0.2) is 0 Å². The predicted molar refractivity (Wildman–Crippen MR) is 134 cm³/mol. The van der Waals surface area contributed by atoms with Crippen LogP contribution in [-0.4, -0.2) is 22.5 Å². The van der Waals surface area contributed by atoms with Gasteiger partial charge in [-0.05, 0) is 46.1 Å². The second-order valence-electron chi connectivity index (χ2n) is 11.5. The first kappa shape index (κ1) is 24.3. The molecule has 0 amide bonds. The van der Waals surface area contributed by atoms with Crippen LogP contribution < -0.4 is 9.47 Å². The fourth-order valence-electron chi connectivity index (χ4n) is 6.09. The molecule has 188 valence electrons. The topological polar surface area (TPSA) is 89.9 Å². The number of Topliss-reactive ketones (excluding diaryl/α,β-unsaturated/α-hetero) is 3. The Morgan fingerprint density at radius 3 is 2.22 bits per heavy atom. The Morgan fingerprint density at radius 2 is 1.61 bits per heavy atom. The molecule has 2 aliphatic heterocycles. The number of phenolic OH excluding ortho intramolecular Hbond substituents is 1. The van der Waals surface area contributed by atoms with Gasteiger partial charge in [0, 0.05) is 22.6 Å². The minimum atomic E-state index is -1.22. The summed E-state index contributed by atoms with van der Waals surface area (Å²) in [6.45, 7) is 12.6. The zero-order valence-corrected chi connectivity index (χ0v) is 21.8. The van der Waals surface area contributed by atoms with Crippen molar-refractivity contribution < 1.29 is 29.0 Å². The van der Waals surface area contributed by atoms with Gasteiger partial charge < -0.3 is 14.6 Å². The molecule has 0 unspecified atom stereocenters. The van der Waals surface area contributed by atoms with Crippen LogP contribution in [0.3, 0.4) is 0 Å². The monoisotopic (exact) mass is 488 g/mol. The average Bonchev–Trinajstić information content (AvgIpc) is 2.84. The van der Waals surface area contributed by atoms with Crippen molar-refractivity contribution in [3.63, 3.8) is 0 Å². The molecule has 0 bridgehead atoms. The second-order valence-corrected chi connectivity index (χ2v) is 11.5. The highest BCUT2D eigenvalue weighted by atomic mass is 16.5. The van der Waals surface area contributed by atoms with Crippen molar-refractivity contribution in [2.24, 2.45) is 16.7 Å². The lowest BCUT2D eigenvalue weighted by molar-refractivity contribution is -0.144. The molecule has 0 aromatic heterocycles. The lowest BCUT2D eigenvalue weighted by Crippen LogP contribution is -2.52. The lowest BCUT2D eigenvalue weighted by atomic mass is 9.59. The van der Waals surface area contributed by atoms with Crippen LogP contribution in [0.25, 0.3) is 0 Å². The first-order valence-corrected chi connectivity index (χ1v) is 12.5. The molecule has 2 aromatic carbocycles. The Bertz CT molecular complexity index is 1360. The largest absolute Gasteiger partial charge is 0.507 e. The number of hydrogen-bond acceptors (Lipinski definition) is 6. The molecule has 0 saturated heterocycles. The fourth-order valence-corrected chi connectivity index (χ4v) is 6.09. The number of rotatable bonds is 2. The number of fused-ring (bicyclic) bond motifs is 3. The van der Waals surface area contributed by atoms with Crippen molar-refractivity contribution in [2.75, 3.05) is 0 Å². The summed E-state index contributed by atoms with van der Waals surface area (Å²) >= 11 is 0. The van der Waals surface area contributed by atoms with Crippen molar-refractivity contribution in [1.82, 2.24) is 0 Å². The molecule has 6 heteroatoms. The number of aromatic hydroxyl groups is 1. The molecule has 2 aromatic rings. The number of carbonyl (C=O) groups is 3. The Hall–Kier alpha value is -3.41. The molecule has 0 fully saturated rings. The number of ether oxygens (including phenoxy) is 2. The van der Waals surface area contributed by atoms with E-state index < -0.39 is 22.9 Å². The molecular formula is C30H32O6. The predicted octanol–water partition coefficient (Wildman–Crippen LogP) is 6.00. The quantitative estimate of drug-likeness (QED) is 0.522. The molecular weight excluding hydrogens is 456 g/mol. The summed E-state index contributed by atoms with van der Waals surface area (Å²) < 4.78 is 12.9. The Balaban J connectivity index is 1.80. The van der Waals surface area contributed by atoms with Crippen LogP contribution in [0.1, 0.15) is 87.0 Å². The number of carbonyl (C=O) groups excluding carboxylic acids is 3. The third-order valence-corrected chi connectivity index (χ3v) is 7.98. The Morgan fingerprint density at radius 1 is 0.972 bits per heavy atom. The van der Waals surface area contributed by atoms with Gasteiger partial charge in [-0.1, -0.05) is 44.2 Å². The van der Waals surface area contributed by atoms with E-state index in [0.717, 1.165) is 5.56 Å². The molecule has 1 N–H and O–H groups in total. The second kappa shape index (κ2) is 7.79. The maximum absolute atomic E-state index is 13.9. The number of allylic oxidation sites excluding steroid dienone is 2. The van der Waals surface area contributed by atoms with E-state index in [2.05, 4.69) is 0 Å². The zero-order valence-electron chi connectivity index (χ0n) is 21.8. The van der Waals surface area contributed by atoms with Crippen molar-refractivity contribution in [3.8, 4) is 17.2 Å². The summed E-state index contributed by atoms with van der Waals surface area (Å²) in [5, 5.41) is 11.1. The number of ketones is 3. The highest BCUT2D eigenvalue weighted by Crippen LogP contribution is 2.60. The Kier molecular flexibility index (Phi) is 5.26. The van der Waals surface area contributed by atoms with E-state index in [9.17, 15) is 19.5 Å². The van der Waals surface area contributed by atoms with Crippen molar-refractivity contribution in [2.45, 2.75) is 66.9 Å². The summed E-state index contributed by atoms with van der Waals surface area (Å²) in [7, 11) is 0. The van der Waals surface area contributed by atoms with E-state index in [1.807, 2.05) is 44.2 Å². The summed E-state index contributed by atoms with van der Waals surface area (Å²) in [5.41, 5.74) is 0.176. The lowest BCUT2D eigenvalue weighted by Gasteiger charge is -2.46. The van der Waals surface area contributed by atoms with Crippen LogP contribution in [0.2, 0.25) is 0 Å². The van der Waals surface area contributed by atoms with E-state index in [4.69, 9.17) is 9.47 Å². The van der Waals surface area contributed by atoms with Gasteiger partial charge in [-0.15, -0.1) is 0 Å². The SMILES string of the molecule is Cc1c(O)c2c(c3c1OC1=C(C(=O)C(C)(C)C(=O)C1(C)C)[C@@H]3C(C)C)O[C@H](c1ccccc1)CC2=O. The molecule has 0 radical (unpaired) electrons. The van der Waals surface area contributed by atoms with Crippen LogP contribution in [-0.2, 0) is 9.59 Å². The van der Waals surface area contributed by atoms with Crippen LogP contribution in [0, 0.1) is 23.7 Å². The van der Waals surface area contributed by atoms with Gasteiger partial charge in [0.05, 0.1) is 17.3 Å². The molecule has 36 heavy (non-hydrogen) atoms. The van der Waals surface area contributed by atoms with E-state index in [1.54, 1.807) is 34.6 Å². The van der Waals surface area contributed by atoms with Gasteiger partial charge in [0.15, 0.2) is 17.3 Å². The molecule has 6 nitrogen and oxygen atoms in total. The van der Waals surface area contributed by atoms with Gasteiger partial charge in [0.2, 0.25) is 0 Å². The maximum Gasteiger partial charge on any atom is 0.175 e. The van der Waals surface area contributed by atoms with Crippen LogP contribution in [0.15, 0.2) is 41.7 Å². The molecule has 3 aliphatic rings. The van der Waals surface area contributed by atoms with Gasteiger partial charge in [-0.3, -0.25) is 14.4 Å². The number of phenols is 1. The van der Waals surface area contributed by atoms with Crippen LogP contribution >= 0.6 is 0 Å². The summed E-state index contributed by atoms with van der Waals surface area (Å²) in [4.78, 5) is 40.7. The normalized spacial score (nSPS) is 24.1. The first-order chi connectivity index (χ1) is 16.8. The van der Waals surface area contributed by atoms with E-state index >= 15 is 0 Å². The van der Waals surface area contributed by atoms with Crippen LogP contribution in [0.4, 0.5) is 0 Å². The first-order valence-electron chi connectivity index (χ1n) is 12.5. The molecule has 0 saturated carbocycles. The fraction of sp³-hybridized carbons (Fsp3) is 0.433. The molecule has 1 aliphatic carbocycles. The molecule has 2 atom stereocenters. The van der Waals surface area contributed by atoms with E-state index in [1.165, 1.54) is 0 Å². The third kappa shape index (κ3) is 3.12. The van der Waals surface area contributed by atoms with Crippen molar-refractivity contribution in [1.29, 1.82) is 0 Å². The van der Waals surface area contributed by atoms with E-state index in [-0.39, 0.29) is 46.8 Å². The van der Waals surface area contributed by atoms with Crippen molar-refractivity contribution >= 4 is 17.3 Å². The standard InChI is InChI=1S/C30H32O6/c1-14(2)19-21-24(36-27-22(19)26(33)29(4,5)28(34)30(27,6)7)15(3)23(32)20-17(31)13-18(35-25(20)21)16-11-9-8-10-12-16/h8-12,14,18-19,32H,13H2,1-7H3/t18-,19+/m0/s1. The average molecular weight is 489 g/mol. The molecule has 2 heterocycles. The van der Waals surface area contributed by atoms with Gasteiger partial charge in [-0.2, -0.15) is 0 Å².